The van der Waals surface area contributed by atoms with Gasteiger partial charge in [0.2, 0.25) is 5.91 Å². The van der Waals surface area contributed by atoms with Gasteiger partial charge in [0.1, 0.15) is 0 Å². The lowest BCUT2D eigenvalue weighted by Gasteiger charge is -2.33. The third-order valence-corrected chi connectivity index (χ3v) is 4.83. The van der Waals surface area contributed by atoms with Crippen molar-refractivity contribution in [1.82, 2.24) is 10.2 Å². The van der Waals surface area contributed by atoms with Crippen molar-refractivity contribution in [3.63, 3.8) is 0 Å². The molecule has 0 aromatic heterocycles. The topological polar surface area (TPSA) is 61.8 Å². The number of nitrogens with one attached hydrogen (secondary N) is 1. The van der Waals surface area contributed by atoms with Crippen LogP contribution in [0.5, 0.6) is 0 Å². The number of β-amino-alcohol motifs (C(OH)–C–C–N with tert-alkyl or cyclic N) is 1. The third-order valence-electron chi connectivity index (χ3n) is 4.83. The fraction of sp³-hybridized carbons (Fsp3) is 0.824. The van der Waals surface area contributed by atoms with Gasteiger partial charge in [-0.15, -0.1) is 0 Å². The summed E-state index contributed by atoms with van der Waals surface area (Å²) in [6, 6.07) is 0.264. The zero-order valence-electron chi connectivity index (χ0n) is 13.9. The molecule has 2 rings (SSSR count). The fourth-order valence-electron chi connectivity index (χ4n) is 3.43. The van der Waals surface area contributed by atoms with Crippen molar-refractivity contribution in [2.24, 2.45) is 0 Å². The van der Waals surface area contributed by atoms with Crippen LogP contribution >= 0.6 is 0 Å². The van der Waals surface area contributed by atoms with Crippen LogP contribution in [0.15, 0.2) is 11.1 Å². The molecule has 0 spiro atoms. The Morgan fingerprint density at radius 2 is 2.00 bits per heavy atom. The molecule has 5 nitrogen and oxygen atoms in total. The maximum Gasteiger partial charge on any atom is 0.247 e. The lowest BCUT2D eigenvalue weighted by atomic mass is 10.0. The first-order valence-electron chi connectivity index (χ1n) is 8.49. The lowest BCUT2D eigenvalue weighted by Crippen LogP contribution is -2.47. The molecule has 1 unspecified atom stereocenters. The predicted molar refractivity (Wildman–Crippen MR) is 86.7 cm³/mol. The Morgan fingerprint density at radius 3 is 2.59 bits per heavy atom. The molecule has 1 aliphatic carbocycles. The van der Waals surface area contributed by atoms with E-state index >= 15 is 0 Å². The molecule has 2 N–H and O–H groups in total. The molecule has 0 aromatic rings. The SMILES string of the molecule is COCC(O)CN1CCC(NC(=O)C(C)=C2CCCC2)CC1. The van der Waals surface area contributed by atoms with Crippen molar-refractivity contribution in [3.8, 4) is 0 Å². The average Bonchev–Trinajstić information content (AvgIpc) is 3.03. The first-order chi connectivity index (χ1) is 10.6. The van der Waals surface area contributed by atoms with Crippen LogP contribution in [0.3, 0.4) is 0 Å². The van der Waals surface area contributed by atoms with E-state index in [9.17, 15) is 9.90 Å². The van der Waals surface area contributed by atoms with E-state index in [1.165, 1.54) is 18.4 Å². The summed E-state index contributed by atoms with van der Waals surface area (Å²) in [6.07, 6.45) is 6.11. The molecule has 22 heavy (non-hydrogen) atoms. The average molecular weight is 310 g/mol. The van der Waals surface area contributed by atoms with Crippen LogP contribution in [0.25, 0.3) is 0 Å². The van der Waals surface area contributed by atoms with Crippen molar-refractivity contribution < 1.29 is 14.6 Å². The Labute approximate surface area is 133 Å². The van der Waals surface area contributed by atoms with Crippen LogP contribution in [0.2, 0.25) is 0 Å². The van der Waals surface area contributed by atoms with E-state index in [4.69, 9.17) is 4.74 Å². The van der Waals surface area contributed by atoms with Crippen LogP contribution in [-0.2, 0) is 9.53 Å². The summed E-state index contributed by atoms with van der Waals surface area (Å²) >= 11 is 0. The first-order valence-corrected chi connectivity index (χ1v) is 8.49. The van der Waals surface area contributed by atoms with Crippen molar-refractivity contribution in [3.05, 3.63) is 11.1 Å². The molecule has 1 saturated heterocycles. The number of nitrogens with zero attached hydrogens (tertiary/aromatic N) is 1. The number of likely N-dealkylation sites (tertiary alicyclic amines) is 1. The van der Waals surface area contributed by atoms with Crippen molar-refractivity contribution in [2.45, 2.75) is 57.6 Å². The van der Waals surface area contributed by atoms with Gasteiger partial charge in [-0.1, -0.05) is 5.57 Å². The van der Waals surface area contributed by atoms with Crippen molar-refractivity contribution in [2.75, 3.05) is 33.4 Å². The van der Waals surface area contributed by atoms with Gasteiger partial charge in [-0.2, -0.15) is 0 Å². The smallest absolute Gasteiger partial charge is 0.247 e. The molecule has 2 aliphatic rings. The minimum atomic E-state index is -0.425. The second-order valence-electron chi connectivity index (χ2n) is 6.59. The number of amides is 1. The Hall–Kier alpha value is -0.910. The molecular weight excluding hydrogens is 280 g/mol. The van der Waals surface area contributed by atoms with Gasteiger partial charge in [-0.05, 0) is 45.4 Å². The van der Waals surface area contributed by atoms with Gasteiger partial charge in [0.05, 0.1) is 12.7 Å². The molecule has 1 amide bonds. The molecule has 5 heteroatoms. The molecule has 0 bridgehead atoms. The minimum Gasteiger partial charge on any atom is -0.389 e. The lowest BCUT2D eigenvalue weighted by molar-refractivity contribution is -0.118. The Kier molecular flexibility index (Phi) is 6.86. The monoisotopic (exact) mass is 310 g/mol. The number of hydrogen-bond acceptors (Lipinski definition) is 4. The summed E-state index contributed by atoms with van der Waals surface area (Å²) in [5, 5.41) is 12.9. The van der Waals surface area contributed by atoms with E-state index in [1.54, 1.807) is 7.11 Å². The molecule has 1 saturated carbocycles. The molecule has 1 atom stereocenters. The van der Waals surface area contributed by atoms with E-state index < -0.39 is 6.10 Å². The van der Waals surface area contributed by atoms with Crippen LogP contribution in [0.1, 0.15) is 45.4 Å². The second-order valence-corrected chi connectivity index (χ2v) is 6.59. The number of aliphatic hydroxyl groups excluding tert-OH is 1. The summed E-state index contributed by atoms with van der Waals surface area (Å²) in [5.41, 5.74) is 2.29. The number of rotatable bonds is 6. The van der Waals surface area contributed by atoms with E-state index in [0.29, 0.717) is 13.2 Å². The Morgan fingerprint density at radius 1 is 1.36 bits per heavy atom. The highest BCUT2D eigenvalue weighted by molar-refractivity contribution is 5.93. The number of aliphatic hydroxyl groups is 1. The molecule has 0 radical (unpaired) electrons. The number of carbonyl (C=O) groups is 1. The highest BCUT2D eigenvalue weighted by Gasteiger charge is 2.23. The van der Waals surface area contributed by atoms with Crippen molar-refractivity contribution >= 4 is 5.91 Å². The predicted octanol–water partition coefficient (Wildman–Crippen LogP) is 1.46. The van der Waals surface area contributed by atoms with Gasteiger partial charge in [0, 0.05) is 38.4 Å². The minimum absolute atomic E-state index is 0.120. The summed E-state index contributed by atoms with van der Waals surface area (Å²) in [7, 11) is 1.60. The van der Waals surface area contributed by atoms with Gasteiger partial charge in [0.15, 0.2) is 0 Å². The standard InChI is InChI=1S/C17H30N2O3/c1-13(14-5-3-4-6-14)17(21)18-15-7-9-19(10-8-15)11-16(20)12-22-2/h15-16,20H,3-12H2,1-2H3,(H,18,21). The van der Waals surface area contributed by atoms with Crippen molar-refractivity contribution in [1.29, 1.82) is 0 Å². The van der Waals surface area contributed by atoms with Crippen LogP contribution in [0, 0.1) is 0 Å². The summed E-state index contributed by atoms with van der Waals surface area (Å²) in [5.74, 6) is 0.120. The Bertz CT molecular complexity index is 393. The van der Waals surface area contributed by atoms with Crippen LogP contribution in [0.4, 0.5) is 0 Å². The van der Waals surface area contributed by atoms with Gasteiger partial charge in [-0.25, -0.2) is 0 Å². The van der Waals surface area contributed by atoms with Crippen LogP contribution in [-0.4, -0.2) is 61.4 Å². The Balaban J connectivity index is 1.73. The maximum atomic E-state index is 12.3. The largest absolute Gasteiger partial charge is 0.389 e. The van der Waals surface area contributed by atoms with E-state index in [2.05, 4.69) is 10.2 Å². The van der Waals surface area contributed by atoms with Gasteiger partial charge < -0.3 is 20.1 Å². The molecular formula is C17H30N2O3. The van der Waals surface area contributed by atoms with Gasteiger partial charge in [0.25, 0.3) is 0 Å². The third kappa shape index (κ3) is 5.07. The number of allylic oxidation sites excluding steroid dienone is 1. The van der Waals surface area contributed by atoms with Crippen LogP contribution < -0.4 is 5.32 Å². The van der Waals surface area contributed by atoms with Gasteiger partial charge in [-0.3, -0.25) is 4.79 Å². The van der Waals surface area contributed by atoms with Gasteiger partial charge >= 0.3 is 0 Å². The number of methoxy groups -OCH3 is 1. The zero-order valence-corrected chi connectivity index (χ0v) is 13.9. The molecule has 2 fully saturated rings. The highest BCUT2D eigenvalue weighted by Crippen LogP contribution is 2.27. The normalized spacial score (nSPS) is 21.9. The maximum absolute atomic E-state index is 12.3. The molecule has 1 aliphatic heterocycles. The number of ether oxygens (including phenoxy) is 1. The molecule has 1 heterocycles. The first kappa shape index (κ1) is 17.4. The summed E-state index contributed by atoms with van der Waals surface area (Å²) < 4.78 is 4.96. The zero-order chi connectivity index (χ0) is 15.9. The molecule has 0 aromatic carbocycles. The van der Waals surface area contributed by atoms with E-state index in [1.807, 2.05) is 6.92 Å². The van der Waals surface area contributed by atoms with E-state index in [-0.39, 0.29) is 11.9 Å². The quantitative estimate of drug-likeness (QED) is 0.729. The second kappa shape index (κ2) is 8.65. The fourth-order valence-corrected chi connectivity index (χ4v) is 3.43. The summed E-state index contributed by atoms with van der Waals surface area (Å²) in [6.45, 7) is 4.83. The number of piperidine rings is 1. The van der Waals surface area contributed by atoms with E-state index in [0.717, 1.165) is 44.3 Å². The highest BCUT2D eigenvalue weighted by atomic mass is 16.5. The molecule has 126 valence electrons. The number of carbonyl (C=O) groups excluding carboxylic acids is 1. The number of hydrogen-bond donors (Lipinski definition) is 2. The summed E-state index contributed by atoms with van der Waals surface area (Å²) in [4.78, 5) is 14.5.